The molecule has 1 saturated heterocycles. The maximum Gasteiger partial charge on any atom is 0.325 e. The Labute approximate surface area is 139 Å². The number of carboxylic acids is 1. The predicted molar refractivity (Wildman–Crippen MR) is 84.0 cm³/mol. The van der Waals surface area contributed by atoms with Crippen LogP contribution in [-0.2, 0) is 22.5 Å². The van der Waals surface area contributed by atoms with Crippen molar-refractivity contribution < 1.29 is 19.4 Å². The van der Waals surface area contributed by atoms with E-state index in [9.17, 15) is 9.90 Å². The Kier molecular flexibility index (Phi) is 3.93. The number of fused-ring (bicyclic) bond motifs is 1. The van der Waals surface area contributed by atoms with E-state index in [4.69, 9.17) is 9.47 Å². The van der Waals surface area contributed by atoms with E-state index in [0.717, 1.165) is 24.2 Å². The average molecular weight is 329 g/mol. The van der Waals surface area contributed by atoms with Crippen LogP contribution in [0.5, 0.6) is 5.75 Å². The molecule has 1 unspecified atom stereocenters. The molecule has 0 amide bonds. The third-order valence-corrected chi connectivity index (χ3v) is 4.52. The van der Waals surface area contributed by atoms with Gasteiger partial charge in [0.05, 0.1) is 0 Å². The van der Waals surface area contributed by atoms with Gasteiger partial charge in [0, 0.05) is 25.6 Å². The maximum absolute atomic E-state index is 11.2. The summed E-state index contributed by atoms with van der Waals surface area (Å²) in [5, 5.41) is 13.6. The highest BCUT2D eigenvalue weighted by atomic mass is 16.5. The molecule has 2 aromatic rings. The number of carboxylic acid groups (broad SMARTS) is 1. The summed E-state index contributed by atoms with van der Waals surface area (Å²) < 4.78 is 12.8. The maximum atomic E-state index is 11.2. The Balaban J connectivity index is 1.63. The number of carbonyl (C=O) groups is 1. The van der Waals surface area contributed by atoms with Gasteiger partial charge in [0.25, 0.3) is 0 Å². The van der Waals surface area contributed by atoms with E-state index in [2.05, 4.69) is 10.1 Å². The number of benzene rings is 1. The highest BCUT2D eigenvalue weighted by Crippen LogP contribution is 2.36. The van der Waals surface area contributed by atoms with E-state index in [-0.39, 0.29) is 18.6 Å². The molecular weight excluding hydrogens is 310 g/mol. The van der Waals surface area contributed by atoms with Crippen LogP contribution in [0.2, 0.25) is 0 Å². The van der Waals surface area contributed by atoms with Crippen molar-refractivity contribution in [2.75, 3.05) is 13.2 Å². The number of rotatable bonds is 4. The van der Waals surface area contributed by atoms with Crippen molar-refractivity contribution in [1.82, 2.24) is 14.8 Å². The minimum Gasteiger partial charge on any atom is -0.482 e. The minimum atomic E-state index is -0.935. The summed E-state index contributed by atoms with van der Waals surface area (Å²) in [5.74, 6) is 1.41. The normalized spacial score (nSPS) is 20.6. The third-order valence-electron chi connectivity index (χ3n) is 4.52. The van der Waals surface area contributed by atoms with Crippen molar-refractivity contribution in [3.05, 3.63) is 41.5 Å². The molecule has 4 rings (SSSR count). The molecule has 1 atom stereocenters. The van der Waals surface area contributed by atoms with E-state index in [0.29, 0.717) is 31.3 Å². The number of para-hydroxylation sites is 1. The van der Waals surface area contributed by atoms with Crippen LogP contribution < -0.4 is 4.74 Å². The number of hydrogen-bond donors (Lipinski definition) is 1. The van der Waals surface area contributed by atoms with Crippen LogP contribution in [0.25, 0.3) is 0 Å². The quantitative estimate of drug-likeness (QED) is 0.922. The van der Waals surface area contributed by atoms with Gasteiger partial charge in [-0.3, -0.25) is 4.79 Å². The molecule has 0 bridgehead atoms. The van der Waals surface area contributed by atoms with Crippen LogP contribution in [0.15, 0.2) is 24.3 Å². The van der Waals surface area contributed by atoms with Gasteiger partial charge in [0.15, 0.2) is 17.8 Å². The molecule has 1 aromatic heterocycles. The van der Waals surface area contributed by atoms with E-state index >= 15 is 0 Å². The first-order chi connectivity index (χ1) is 11.7. The second kappa shape index (κ2) is 6.24. The van der Waals surface area contributed by atoms with Crippen LogP contribution in [0, 0.1) is 0 Å². The summed E-state index contributed by atoms with van der Waals surface area (Å²) in [6, 6.07) is 7.84. The second-order valence-corrected chi connectivity index (χ2v) is 6.18. The molecule has 126 valence electrons. The molecule has 0 radical (unpaired) electrons. The van der Waals surface area contributed by atoms with Crippen molar-refractivity contribution in [2.45, 2.75) is 37.8 Å². The fraction of sp³-hybridized carbons (Fsp3) is 0.471. The molecule has 7 heteroatoms. The van der Waals surface area contributed by atoms with Crippen LogP contribution in [0.4, 0.5) is 0 Å². The van der Waals surface area contributed by atoms with Crippen molar-refractivity contribution in [3.63, 3.8) is 0 Å². The van der Waals surface area contributed by atoms with Crippen molar-refractivity contribution >= 4 is 5.97 Å². The number of ether oxygens (including phenoxy) is 2. The van der Waals surface area contributed by atoms with Gasteiger partial charge >= 0.3 is 5.97 Å². The first kappa shape index (κ1) is 15.1. The summed E-state index contributed by atoms with van der Waals surface area (Å²) >= 11 is 0. The van der Waals surface area contributed by atoms with Gasteiger partial charge < -0.3 is 14.6 Å². The molecule has 2 aliphatic heterocycles. The molecule has 0 spiro atoms. The van der Waals surface area contributed by atoms with Crippen molar-refractivity contribution in [1.29, 1.82) is 0 Å². The molecule has 1 fully saturated rings. The zero-order valence-electron chi connectivity index (χ0n) is 13.2. The second-order valence-electron chi connectivity index (χ2n) is 6.18. The molecule has 1 aromatic carbocycles. The zero-order chi connectivity index (χ0) is 16.5. The van der Waals surface area contributed by atoms with Crippen LogP contribution >= 0.6 is 0 Å². The molecule has 7 nitrogen and oxygen atoms in total. The number of aromatic nitrogens is 3. The third kappa shape index (κ3) is 2.87. The minimum absolute atomic E-state index is 0.207. The lowest BCUT2D eigenvalue weighted by Crippen LogP contribution is -2.18. The monoisotopic (exact) mass is 329 g/mol. The molecule has 2 aliphatic rings. The van der Waals surface area contributed by atoms with Gasteiger partial charge in [-0.05, 0) is 24.5 Å². The largest absolute Gasteiger partial charge is 0.482 e. The Hall–Kier alpha value is -2.41. The van der Waals surface area contributed by atoms with E-state index in [1.165, 1.54) is 4.68 Å². The first-order valence-corrected chi connectivity index (χ1v) is 8.19. The molecule has 1 N–H and O–H groups in total. The van der Waals surface area contributed by atoms with Gasteiger partial charge in [0.1, 0.15) is 12.3 Å². The lowest BCUT2D eigenvalue weighted by Gasteiger charge is -2.18. The topological polar surface area (TPSA) is 86.5 Å². The lowest BCUT2D eigenvalue weighted by molar-refractivity contribution is -0.138. The van der Waals surface area contributed by atoms with Crippen molar-refractivity contribution in [2.24, 2.45) is 0 Å². The summed E-state index contributed by atoms with van der Waals surface area (Å²) in [4.78, 5) is 15.9. The first-order valence-electron chi connectivity index (χ1n) is 8.19. The fourth-order valence-corrected chi connectivity index (χ4v) is 3.31. The van der Waals surface area contributed by atoms with Crippen LogP contribution in [-0.4, -0.2) is 39.1 Å². The summed E-state index contributed by atoms with van der Waals surface area (Å²) in [7, 11) is 0. The Morgan fingerprint density at radius 3 is 2.83 bits per heavy atom. The highest BCUT2D eigenvalue weighted by Gasteiger charge is 2.31. The molecule has 0 saturated carbocycles. The van der Waals surface area contributed by atoms with Crippen LogP contribution in [0.1, 0.15) is 42.1 Å². The number of nitrogens with zero attached hydrogens (tertiary/aromatic N) is 3. The lowest BCUT2D eigenvalue weighted by atomic mass is 10.00. The molecule has 3 heterocycles. The SMILES string of the molecule is O=C(O)Cn1nc(C2CCOCC2)nc1C1Cc2ccccc2O1. The van der Waals surface area contributed by atoms with E-state index in [1.807, 2.05) is 24.3 Å². The summed E-state index contributed by atoms with van der Waals surface area (Å²) in [6.45, 7) is 1.18. The predicted octanol–water partition coefficient (Wildman–Crippen LogP) is 1.93. The smallest absolute Gasteiger partial charge is 0.325 e. The molecule has 0 aliphatic carbocycles. The number of hydrogen-bond acceptors (Lipinski definition) is 5. The van der Waals surface area contributed by atoms with Gasteiger partial charge in [-0.15, -0.1) is 0 Å². The standard InChI is InChI=1S/C17H19N3O4/c21-15(22)10-20-17(14-9-12-3-1-2-4-13(12)24-14)18-16(19-20)11-5-7-23-8-6-11/h1-4,11,14H,5-10H2,(H,21,22). The Morgan fingerprint density at radius 1 is 1.29 bits per heavy atom. The summed E-state index contributed by atoms with van der Waals surface area (Å²) in [6.07, 6.45) is 2.12. The number of aliphatic carboxylic acids is 1. The zero-order valence-corrected chi connectivity index (χ0v) is 13.2. The molecule has 24 heavy (non-hydrogen) atoms. The Bertz CT molecular complexity index is 727. The van der Waals surface area contributed by atoms with Gasteiger partial charge in [-0.25, -0.2) is 9.67 Å². The van der Waals surface area contributed by atoms with E-state index in [1.54, 1.807) is 0 Å². The summed E-state index contributed by atoms with van der Waals surface area (Å²) in [5.41, 5.74) is 1.11. The highest BCUT2D eigenvalue weighted by molar-refractivity contribution is 5.66. The van der Waals surface area contributed by atoms with Crippen LogP contribution in [0.3, 0.4) is 0 Å². The average Bonchev–Trinajstić information content (AvgIpc) is 3.18. The van der Waals surface area contributed by atoms with Gasteiger partial charge in [-0.2, -0.15) is 5.10 Å². The fourth-order valence-electron chi connectivity index (χ4n) is 3.31. The van der Waals surface area contributed by atoms with Gasteiger partial charge in [0.2, 0.25) is 0 Å². The Morgan fingerprint density at radius 2 is 2.08 bits per heavy atom. The van der Waals surface area contributed by atoms with Crippen molar-refractivity contribution in [3.8, 4) is 5.75 Å². The van der Waals surface area contributed by atoms with E-state index < -0.39 is 5.97 Å². The molecular formula is C17H19N3O4. The van der Waals surface area contributed by atoms with Gasteiger partial charge in [-0.1, -0.05) is 18.2 Å².